The van der Waals surface area contributed by atoms with Crippen LogP contribution in [0.25, 0.3) is 0 Å². The first kappa shape index (κ1) is 36.2. The van der Waals surface area contributed by atoms with Crippen molar-refractivity contribution in [1.29, 1.82) is 0 Å². The number of carbonyl (C=O) groups is 4. The monoisotopic (exact) mass is 706 g/mol. The summed E-state index contributed by atoms with van der Waals surface area (Å²) in [5, 5.41) is 31.1. The van der Waals surface area contributed by atoms with E-state index in [9.17, 15) is 39.4 Å². The number of nitrogens with one attached hydrogen (secondary N) is 2. The van der Waals surface area contributed by atoms with E-state index in [0.717, 1.165) is 35.7 Å². The Labute approximate surface area is 295 Å². The molecule has 1 aliphatic carbocycles. The Hall–Kier alpha value is -7.10. The number of nitro benzene ring substituents is 2. The molecule has 1 fully saturated rings. The van der Waals surface area contributed by atoms with Crippen molar-refractivity contribution < 1.29 is 38.5 Å². The van der Waals surface area contributed by atoms with Crippen LogP contribution in [0, 0.1) is 39.5 Å². The lowest BCUT2D eigenvalue weighted by atomic mass is 9.67. The molecule has 0 unspecified atom stereocenters. The second kappa shape index (κ2) is 15.6. The van der Waals surface area contributed by atoms with Crippen molar-refractivity contribution in [3.05, 3.63) is 139 Å². The predicted octanol–water partition coefficient (Wildman–Crippen LogP) is 5.33. The molecule has 5 rings (SSSR count). The van der Waals surface area contributed by atoms with Crippen LogP contribution in [0.2, 0.25) is 0 Å². The van der Waals surface area contributed by atoms with Gasteiger partial charge in [-0.05, 0) is 75.2 Å². The van der Waals surface area contributed by atoms with E-state index in [1.165, 1.54) is 36.4 Å². The van der Waals surface area contributed by atoms with E-state index < -0.39 is 50.4 Å². The topological polar surface area (TPSA) is 222 Å². The standard InChI is InChI=1S/C36H30N6O10/c1-22-6-3-8-26(16-22)32(43)51-30-12-10-24(18-28(30)41(47)48)20-37-39-34(45)36(14-5-15-36)35(46)40-38-21-25-11-13-31(29(19-25)42(49)50)52-33(44)27-9-4-7-23(2)17-27/h3-4,6-13,16-21H,5,14-15H2,1-2H3,(H,39,45)(H,40,46). The molecule has 16 nitrogen and oxygen atoms in total. The van der Waals surface area contributed by atoms with Crippen molar-refractivity contribution in [2.24, 2.45) is 15.6 Å². The number of hydrogen-bond donors (Lipinski definition) is 2. The molecule has 0 bridgehead atoms. The van der Waals surface area contributed by atoms with Gasteiger partial charge in [0.15, 0.2) is 0 Å². The Morgan fingerprint density at radius 1 is 0.673 bits per heavy atom. The number of esters is 2. The number of nitro groups is 2. The molecule has 1 aliphatic rings. The highest BCUT2D eigenvalue weighted by Gasteiger charge is 2.51. The summed E-state index contributed by atoms with van der Waals surface area (Å²) in [6.07, 6.45) is 3.21. The van der Waals surface area contributed by atoms with Gasteiger partial charge in [0, 0.05) is 23.3 Å². The Balaban J connectivity index is 1.20. The van der Waals surface area contributed by atoms with Crippen molar-refractivity contribution in [3.8, 4) is 11.5 Å². The molecular formula is C36H30N6O10. The molecule has 52 heavy (non-hydrogen) atoms. The minimum atomic E-state index is -1.51. The highest BCUT2D eigenvalue weighted by atomic mass is 16.6. The van der Waals surface area contributed by atoms with Crippen LogP contribution in [-0.2, 0) is 9.59 Å². The lowest BCUT2D eigenvalue weighted by Crippen LogP contribution is -2.53. The van der Waals surface area contributed by atoms with Crippen LogP contribution in [0.15, 0.2) is 95.1 Å². The molecule has 2 N–H and O–H groups in total. The number of hydrazone groups is 2. The summed E-state index contributed by atoms with van der Waals surface area (Å²) in [6.45, 7) is 3.57. The highest BCUT2D eigenvalue weighted by Crippen LogP contribution is 2.41. The summed E-state index contributed by atoms with van der Waals surface area (Å²) in [6, 6.07) is 20.6. The number of nitrogens with zero attached hydrogens (tertiary/aromatic N) is 4. The molecule has 4 aromatic carbocycles. The van der Waals surface area contributed by atoms with Crippen molar-refractivity contribution >= 4 is 47.6 Å². The Morgan fingerprint density at radius 3 is 1.44 bits per heavy atom. The van der Waals surface area contributed by atoms with E-state index in [0.29, 0.717) is 6.42 Å². The molecule has 0 aromatic heterocycles. The van der Waals surface area contributed by atoms with Crippen LogP contribution >= 0.6 is 0 Å². The second-order valence-electron chi connectivity index (χ2n) is 11.8. The van der Waals surface area contributed by atoms with Gasteiger partial charge in [-0.2, -0.15) is 10.2 Å². The molecule has 0 radical (unpaired) electrons. The van der Waals surface area contributed by atoms with E-state index in [1.54, 1.807) is 50.2 Å². The van der Waals surface area contributed by atoms with Crippen molar-refractivity contribution in [2.45, 2.75) is 33.1 Å². The van der Waals surface area contributed by atoms with E-state index >= 15 is 0 Å². The summed E-state index contributed by atoms with van der Waals surface area (Å²) in [7, 11) is 0. The molecule has 16 heteroatoms. The van der Waals surface area contributed by atoms with Crippen LogP contribution < -0.4 is 20.3 Å². The zero-order valence-electron chi connectivity index (χ0n) is 27.7. The molecule has 0 aliphatic heterocycles. The van der Waals surface area contributed by atoms with Gasteiger partial charge in [0.2, 0.25) is 11.5 Å². The average Bonchev–Trinajstić information content (AvgIpc) is 3.08. The van der Waals surface area contributed by atoms with Crippen molar-refractivity contribution in [1.82, 2.24) is 10.9 Å². The SMILES string of the molecule is Cc1cccc(C(=O)Oc2ccc(C=NNC(=O)C3(C(=O)NN=Cc4ccc(OC(=O)c5cccc(C)c5)c([N+](=O)[O-])c4)CCC3)cc2[N+](=O)[O-])c1. The lowest BCUT2D eigenvalue weighted by Gasteiger charge is -2.36. The smallest absolute Gasteiger partial charge is 0.343 e. The summed E-state index contributed by atoms with van der Waals surface area (Å²) in [5.74, 6) is -3.59. The molecule has 2 amide bonds. The van der Waals surface area contributed by atoms with E-state index in [4.69, 9.17) is 9.47 Å². The predicted molar refractivity (Wildman–Crippen MR) is 186 cm³/mol. The van der Waals surface area contributed by atoms with Gasteiger partial charge in [0.25, 0.3) is 11.8 Å². The van der Waals surface area contributed by atoms with Crippen LogP contribution in [0.4, 0.5) is 11.4 Å². The molecular weight excluding hydrogens is 676 g/mol. The number of aryl methyl sites for hydroxylation is 2. The number of carbonyl (C=O) groups excluding carboxylic acids is 4. The van der Waals surface area contributed by atoms with Gasteiger partial charge in [0.1, 0.15) is 5.41 Å². The minimum absolute atomic E-state index is 0.189. The van der Waals surface area contributed by atoms with Gasteiger partial charge in [-0.15, -0.1) is 0 Å². The minimum Gasteiger partial charge on any atom is -0.416 e. The number of ether oxygens (including phenoxy) is 2. The first-order valence-corrected chi connectivity index (χ1v) is 15.7. The van der Waals surface area contributed by atoms with Crippen LogP contribution in [0.1, 0.15) is 62.2 Å². The first-order valence-electron chi connectivity index (χ1n) is 15.7. The van der Waals surface area contributed by atoms with Crippen LogP contribution in [-0.4, -0.2) is 46.0 Å². The van der Waals surface area contributed by atoms with E-state index in [1.807, 2.05) is 0 Å². The largest absolute Gasteiger partial charge is 0.416 e. The Bertz CT molecular complexity index is 2010. The summed E-state index contributed by atoms with van der Waals surface area (Å²) in [5.41, 5.74) is 4.51. The quantitative estimate of drug-likeness (QED) is 0.0481. The van der Waals surface area contributed by atoms with Gasteiger partial charge in [-0.3, -0.25) is 29.8 Å². The summed E-state index contributed by atoms with van der Waals surface area (Å²) < 4.78 is 10.5. The Morgan fingerprint density at radius 2 is 1.10 bits per heavy atom. The summed E-state index contributed by atoms with van der Waals surface area (Å²) in [4.78, 5) is 73.2. The zero-order valence-corrected chi connectivity index (χ0v) is 27.7. The first-order chi connectivity index (χ1) is 24.9. The van der Waals surface area contributed by atoms with Gasteiger partial charge >= 0.3 is 23.3 Å². The van der Waals surface area contributed by atoms with E-state index in [-0.39, 0.29) is 46.6 Å². The number of hydrogen-bond acceptors (Lipinski definition) is 12. The fourth-order valence-electron chi connectivity index (χ4n) is 5.18. The normalized spacial score (nSPS) is 13.2. The number of amides is 2. The van der Waals surface area contributed by atoms with Gasteiger partial charge in [-0.1, -0.05) is 41.8 Å². The maximum Gasteiger partial charge on any atom is 0.343 e. The van der Waals surface area contributed by atoms with Crippen molar-refractivity contribution in [3.63, 3.8) is 0 Å². The summed E-state index contributed by atoms with van der Waals surface area (Å²) >= 11 is 0. The maximum atomic E-state index is 13.1. The molecule has 0 heterocycles. The third kappa shape index (κ3) is 8.36. The maximum absolute atomic E-state index is 13.1. The Kier molecular flexibility index (Phi) is 10.9. The van der Waals surface area contributed by atoms with Crippen LogP contribution in [0.5, 0.6) is 11.5 Å². The second-order valence-corrected chi connectivity index (χ2v) is 11.8. The fraction of sp³-hybridized carbons (Fsp3) is 0.167. The van der Waals surface area contributed by atoms with Gasteiger partial charge in [-0.25, -0.2) is 20.4 Å². The highest BCUT2D eigenvalue weighted by molar-refractivity contribution is 6.06. The molecule has 0 saturated heterocycles. The van der Waals surface area contributed by atoms with Gasteiger partial charge in [0.05, 0.1) is 33.4 Å². The fourth-order valence-corrected chi connectivity index (χ4v) is 5.18. The molecule has 264 valence electrons. The third-order valence-corrected chi connectivity index (χ3v) is 8.11. The van der Waals surface area contributed by atoms with Gasteiger partial charge < -0.3 is 9.47 Å². The molecule has 0 spiro atoms. The zero-order chi connectivity index (χ0) is 37.4. The van der Waals surface area contributed by atoms with E-state index in [2.05, 4.69) is 21.1 Å². The molecule has 1 saturated carbocycles. The van der Waals surface area contributed by atoms with Crippen LogP contribution in [0.3, 0.4) is 0 Å². The average molecular weight is 707 g/mol. The lowest BCUT2D eigenvalue weighted by molar-refractivity contribution is -0.385. The number of rotatable bonds is 12. The van der Waals surface area contributed by atoms with Crippen molar-refractivity contribution in [2.75, 3.05) is 0 Å². The molecule has 0 atom stereocenters. The number of benzene rings is 4. The molecule has 4 aromatic rings. The third-order valence-electron chi connectivity index (χ3n) is 8.11.